The second kappa shape index (κ2) is 11.3. The second-order valence-electron chi connectivity index (χ2n) is 7.90. The van der Waals surface area contributed by atoms with Crippen LogP contribution in [0.25, 0.3) is 0 Å². The number of hydrogen-bond acceptors (Lipinski definition) is 3. The van der Waals surface area contributed by atoms with E-state index >= 15 is 0 Å². The molecule has 31 heavy (non-hydrogen) atoms. The van der Waals surface area contributed by atoms with Crippen LogP contribution in [0.3, 0.4) is 0 Å². The van der Waals surface area contributed by atoms with E-state index in [1.54, 1.807) is 37.3 Å². The first kappa shape index (κ1) is 23.3. The number of benzene rings is 2. The lowest BCUT2D eigenvalue weighted by molar-refractivity contribution is -0.139. The fourth-order valence-corrected chi connectivity index (χ4v) is 4.58. The van der Waals surface area contributed by atoms with Gasteiger partial charge in [-0.05, 0) is 43.5 Å². The number of hydrogen-bond donors (Lipinski definition) is 1. The Morgan fingerprint density at radius 3 is 2.45 bits per heavy atom. The summed E-state index contributed by atoms with van der Waals surface area (Å²) in [5.74, 6) is -0.454. The van der Waals surface area contributed by atoms with Crippen molar-refractivity contribution < 1.29 is 18.4 Å². The maximum Gasteiger partial charge on any atom is 0.242 e. The third-order valence-corrected chi connectivity index (χ3v) is 6.56. The summed E-state index contributed by atoms with van der Waals surface area (Å²) in [7, 11) is 0. The minimum atomic E-state index is -0.709. The summed E-state index contributed by atoms with van der Waals surface area (Å²) < 4.78 is 27.3. The van der Waals surface area contributed by atoms with E-state index in [0.29, 0.717) is 11.3 Å². The first-order chi connectivity index (χ1) is 14.9. The molecule has 0 aliphatic heterocycles. The van der Waals surface area contributed by atoms with Gasteiger partial charge in [-0.2, -0.15) is 0 Å². The van der Waals surface area contributed by atoms with E-state index in [9.17, 15) is 18.4 Å². The van der Waals surface area contributed by atoms with E-state index in [2.05, 4.69) is 5.32 Å². The van der Waals surface area contributed by atoms with E-state index in [4.69, 9.17) is 0 Å². The molecule has 0 unspecified atom stereocenters. The molecule has 1 saturated carbocycles. The molecular formula is C24H28F2N2O2S. The largest absolute Gasteiger partial charge is 0.352 e. The van der Waals surface area contributed by atoms with E-state index in [0.717, 1.165) is 31.2 Å². The lowest BCUT2D eigenvalue weighted by Gasteiger charge is -2.29. The molecule has 0 saturated heterocycles. The van der Waals surface area contributed by atoms with Crippen LogP contribution >= 0.6 is 11.8 Å². The molecule has 0 aromatic heterocycles. The summed E-state index contributed by atoms with van der Waals surface area (Å²) >= 11 is 1.39. The normalized spacial score (nSPS) is 14.9. The number of carbonyl (C=O) groups is 2. The van der Waals surface area contributed by atoms with Gasteiger partial charge in [0.1, 0.15) is 17.7 Å². The Morgan fingerprint density at radius 1 is 1.10 bits per heavy atom. The number of amides is 2. The van der Waals surface area contributed by atoms with Crippen molar-refractivity contribution in [2.75, 3.05) is 5.75 Å². The molecule has 1 aliphatic rings. The Hall–Kier alpha value is -2.41. The third kappa shape index (κ3) is 6.79. The standard InChI is InChI=1S/C24H28F2N2O2S/c1-17(24(30)27-21-7-3-4-8-21)28(14-19-6-2-5-9-22(19)26)23(29)16-31-15-18-10-12-20(25)13-11-18/h2,5-6,9-13,17,21H,3-4,7-8,14-16H2,1H3,(H,27,30)/t17-/m1/s1. The highest BCUT2D eigenvalue weighted by Crippen LogP contribution is 2.20. The van der Waals surface area contributed by atoms with E-state index in [-0.39, 0.29) is 36.0 Å². The monoisotopic (exact) mass is 446 g/mol. The van der Waals surface area contributed by atoms with E-state index in [1.807, 2.05) is 0 Å². The van der Waals surface area contributed by atoms with Crippen LogP contribution < -0.4 is 5.32 Å². The molecule has 2 amide bonds. The van der Waals surface area contributed by atoms with E-state index < -0.39 is 11.9 Å². The van der Waals surface area contributed by atoms with Gasteiger partial charge in [0.2, 0.25) is 11.8 Å². The molecule has 1 fully saturated rings. The second-order valence-corrected chi connectivity index (χ2v) is 8.88. The van der Waals surface area contributed by atoms with Gasteiger partial charge in [0.05, 0.1) is 5.75 Å². The van der Waals surface area contributed by atoms with E-state index in [1.165, 1.54) is 34.9 Å². The molecule has 2 aromatic carbocycles. The van der Waals surface area contributed by atoms with Crippen molar-refractivity contribution in [2.24, 2.45) is 0 Å². The molecule has 0 radical (unpaired) electrons. The maximum atomic E-state index is 14.2. The van der Waals surface area contributed by atoms with Crippen LogP contribution in [0.2, 0.25) is 0 Å². The van der Waals surface area contributed by atoms with Crippen LogP contribution in [-0.4, -0.2) is 34.6 Å². The van der Waals surface area contributed by atoms with Crippen LogP contribution in [-0.2, 0) is 21.9 Å². The fraction of sp³-hybridized carbons (Fsp3) is 0.417. The smallest absolute Gasteiger partial charge is 0.242 e. The predicted molar refractivity (Wildman–Crippen MR) is 119 cm³/mol. The number of carbonyl (C=O) groups excluding carboxylic acids is 2. The van der Waals surface area contributed by atoms with Crippen LogP contribution in [0.5, 0.6) is 0 Å². The summed E-state index contributed by atoms with van der Waals surface area (Å²) in [5, 5.41) is 3.03. The molecule has 166 valence electrons. The quantitative estimate of drug-likeness (QED) is 0.609. The predicted octanol–water partition coefficient (Wildman–Crippen LogP) is 4.67. The molecule has 0 heterocycles. The third-order valence-electron chi connectivity index (χ3n) is 5.57. The van der Waals surface area contributed by atoms with Crippen LogP contribution in [0, 0.1) is 11.6 Å². The van der Waals surface area contributed by atoms with Gasteiger partial charge in [0, 0.05) is 23.9 Å². The zero-order valence-corrected chi connectivity index (χ0v) is 18.5. The molecule has 2 aromatic rings. The minimum absolute atomic E-state index is 0.0296. The summed E-state index contributed by atoms with van der Waals surface area (Å²) in [4.78, 5) is 27.3. The number of thioether (sulfide) groups is 1. The highest BCUT2D eigenvalue weighted by molar-refractivity contribution is 7.99. The Kier molecular flexibility index (Phi) is 8.46. The molecule has 0 bridgehead atoms. The molecule has 1 aliphatic carbocycles. The van der Waals surface area contributed by atoms with Crippen molar-refractivity contribution in [2.45, 2.75) is 57.0 Å². The van der Waals surface area contributed by atoms with Crippen molar-refractivity contribution in [1.82, 2.24) is 10.2 Å². The number of nitrogens with zero attached hydrogens (tertiary/aromatic N) is 1. The number of halogens is 2. The maximum absolute atomic E-state index is 14.2. The molecular weight excluding hydrogens is 418 g/mol. The van der Waals surface area contributed by atoms with Crippen molar-refractivity contribution in [3.63, 3.8) is 0 Å². The summed E-state index contributed by atoms with van der Waals surface area (Å²) in [6.07, 6.45) is 4.09. The van der Waals surface area contributed by atoms with Gasteiger partial charge < -0.3 is 10.2 Å². The van der Waals surface area contributed by atoms with Gasteiger partial charge in [0.15, 0.2) is 0 Å². The van der Waals surface area contributed by atoms with Crippen molar-refractivity contribution in [3.05, 3.63) is 71.3 Å². The van der Waals surface area contributed by atoms with Crippen molar-refractivity contribution >= 4 is 23.6 Å². The fourth-order valence-electron chi connectivity index (χ4n) is 3.70. The lowest BCUT2D eigenvalue weighted by Crippen LogP contribution is -2.50. The first-order valence-electron chi connectivity index (χ1n) is 10.6. The zero-order chi connectivity index (χ0) is 22.2. The summed E-state index contributed by atoms with van der Waals surface area (Å²) in [5.41, 5.74) is 1.28. The first-order valence-corrected chi connectivity index (χ1v) is 11.7. The molecule has 4 nitrogen and oxygen atoms in total. The lowest BCUT2D eigenvalue weighted by atomic mass is 10.1. The highest BCUT2D eigenvalue weighted by atomic mass is 32.2. The van der Waals surface area contributed by atoms with Gasteiger partial charge in [-0.25, -0.2) is 8.78 Å². The average molecular weight is 447 g/mol. The van der Waals surface area contributed by atoms with Crippen LogP contribution in [0.4, 0.5) is 8.78 Å². The Morgan fingerprint density at radius 2 is 1.77 bits per heavy atom. The topological polar surface area (TPSA) is 49.4 Å². The highest BCUT2D eigenvalue weighted by Gasteiger charge is 2.28. The van der Waals surface area contributed by atoms with Gasteiger partial charge >= 0.3 is 0 Å². The molecule has 1 atom stereocenters. The van der Waals surface area contributed by atoms with Gasteiger partial charge in [-0.15, -0.1) is 11.8 Å². The van der Waals surface area contributed by atoms with Crippen LogP contribution in [0.1, 0.15) is 43.7 Å². The van der Waals surface area contributed by atoms with Crippen molar-refractivity contribution in [1.29, 1.82) is 0 Å². The Bertz CT molecular complexity index is 885. The number of rotatable bonds is 9. The van der Waals surface area contributed by atoms with Crippen molar-refractivity contribution in [3.8, 4) is 0 Å². The minimum Gasteiger partial charge on any atom is -0.352 e. The molecule has 0 spiro atoms. The molecule has 1 N–H and O–H groups in total. The Labute approximate surface area is 186 Å². The van der Waals surface area contributed by atoms with Gasteiger partial charge in [-0.3, -0.25) is 9.59 Å². The molecule has 7 heteroatoms. The Balaban J connectivity index is 1.66. The van der Waals surface area contributed by atoms with Crippen LogP contribution in [0.15, 0.2) is 48.5 Å². The SMILES string of the molecule is C[C@H](C(=O)NC1CCCC1)N(Cc1ccccc1F)C(=O)CSCc1ccc(F)cc1. The summed E-state index contributed by atoms with van der Waals surface area (Å²) in [6.45, 7) is 1.72. The summed E-state index contributed by atoms with van der Waals surface area (Å²) in [6, 6.07) is 11.9. The average Bonchev–Trinajstić information content (AvgIpc) is 3.27. The number of nitrogens with one attached hydrogen (secondary N) is 1. The van der Waals surface area contributed by atoms with Gasteiger partial charge in [0.25, 0.3) is 0 Å². The van der Waals surface area contributed by atoms with Gasteiger partial charge in [-0.1, -0.05) is 43.2 Å². The zero-order valence-electron chi connectivity index (χ0n) is 17.7. The molecule has 3 rings (SSSR count).